The molecule has 2 aliphatic rings. The number of fused-ring (bicyclic) bond motifs is 8. The number of rotatable bonds is 2. The van der Waals surface area contributed by atoms with Crippen LogP contribution in [-0.2, 0) is 0 Å². The van der Waals surface area contributed by atoms with Crippen molar-refractivity contribution in [2.45, 2.75) is 0 Å². The zero-order valence-corrected chi connectivity index (χ0v) is 19.3. The SMILES string of the molecule is C1=Cc2nc1cc1ccc([nH]1)c(-c1cncs1)c1ccc(cc3nc(c2-c2cncs2)C=C3)[nH]1. The minimum absolute atomic E-state index is 0.886. The van der Waals surface area contributed by atoms with E-state index in [0.717, 1.165) is 65.7 Å². The molecule has 5 aromatic rings. The monoisotopic (exact) mass is 476 g/mol. The molecule has 0 aromatic carbocycles. The van der Waals surface area contributed by atoms with Gasteiger partial charge in [-0.2, -0.15) is 0 Å². The summed E-state index contributed by atoms with van der Waals surface area (Å²) >= 11 is 3.21. The van der Waals surface area contributed by atoms with Crippen molar-refractivity contribution in [3.05, 3.63) is 82.6 Å². The van der Waals surface area contributed by atoms with Gasteiger partial charge in [0.1, 0.15) is 0 Å². The van der Waals surface area contributed by atoms with Crippen LogP contribution in [0.1, 0.15) is 22.8 Å². The second kappa shape index (κ2) is 7.72. The lowest BCUT2D eigenvalue weighted by atomic mass is 10.1. The molecule has 34 heavy (non-hydrogen) atoms. The van der Waals surface area contributed by atoms with E-state index in [-0.39, 0.29) is 0 Å². The smallest absolute Gasteiger partial charge is 0.0798 e. The van der Waals surface area contributed by atoms with Crippen molar-refractivity contribution in [3.63, 3.8) is 0 Å². The Balaban J connectivity index is 1.60. The molecule has 2 aliphatic heterocycles. The van der Waals surface area contributed by atoms with E-state index >= 15 is 0 Å². The highest BCUT2D eigenvalue weighted by atomic mass is 32.1. The standard InChI is InChI=1S/C26H16N6S2/c1-5-19-25(23-11-27-13-33-23)20-7-3-17(31-20)10-18-4-8-22(32-18)26(24-12-28-14-34-24)21-6-2-16(30-21)9-15(1)29-19/h1-14,29,31H. The average Bonchev–Trinajstić information content (AvgIpc) is 3.67. The van der Waals surface area contributed by atoms with E-state index in [2.05, 4.69) is 56.3 Å². The second-order valence-corrected chi connectivity index (χ2v) is 9.71. The number of H-pyrrole nitrogens is 2. The largest absolute Gasteiger partial charge is 0.355 e. The summed E-state index contributed by atoms with van der Waals surface area (Å²) < 4.78 is 0. The van der Waals surface area contributed by atoms with Crippen molar-refractivity contribution in [3.8, 4) is 20.9 Å². The first kappa shape index (κ1) is 19.3. The third-order valence-corrected chi connectivity index (χ3v) is 7.34. The maximum atomic E-state index is 4.92. The van der Waals surface area contributed by atoms with Crippen LogP contribution in [-0.4, -0.2) is 29.9 Å². The molecule has 8 bridgehead atoms. The number of aromatic nitrogens is 6. The predicted octanol–water partition coefficient (Wildman–Crippen LogP) is 6.90. The van der Waals surface area contributed by atoms with Crippen LogP contribution in [0, 0.1) is 0 Å². The Kier molecular flexibility index (Phi) is 4.39. The molecule has 6 nitrogen and oxygen atoms in total. The molecule has 0 radical (unpaired) electrons. The molecule has 5 aromatic heterocycles. The molecule has 0 saturated heterocycles. The molecule has 7 rings (SSSR count). The van der Waals surface area contributed by atoms with E-state index in [9.17, 15) is 0 Å². The fourth-order valence-electron chi connectivity index (χ4n) is 4.27. The highest BCUT2D eigenvalue weighted by Gasteiger charge is 2.15. The molecule has 8 heteroatoms. The molecule has 0 spiro atoms. The van der Waals surface area contributed by atoms with Crippen LogP contribution < -0.4 is 0 Å². The van der Waals surface area contributed by atoms with Crippen LogP contribution in [0.3, 0.4) is 0 Å². The summed E-state index contributed by atoms with van der Waals surface area (Å²) in [7, 11) is 0. The van der Waals surface area contributed by atoms with Crippen molar-refractivity contribution in [1.82, 2.24) is 29.9 Å². The Hall–Kier alpha value is -4.14. The van der Waals surface area contributed by atoms with Crippen molar-refractivity contribution in [1.29, 1.82) is 0 Å². The Labute approximate surface area is 202 Å². The normalized spacial score (nSPS) is 12.5. The van der Waals surface area contributed by atoms with E-state index in [4.69, 9.17) is 9.97 Å². The van der Waals surface area contributed by atoms with Gasteiger partial charge in [-0.15, -0.1) is 22.7 Å². The van der Waals surface area contributed by atoms with Gasteiger partial charge in [-0.05, 0) is 60.7 Å². The first-order chi connectivity index (χ1) is 16.8. The van der Waals surface area contributed by atoms with Gasteiger partial charge in [0.15, 0.2) is 0 Å². The zero-order valence-electron chi connectivity index (χ0n) is 17.7. The van der Waals surface area contributed by atoms with Gasteiger partial charge in [-0.3, -0.25) is 9.97 Å². The van der Waals surface area contributed by atoms with Gasteiger partial charge >= 0.3 is 0 Å². The molecule has 7 heterocycles. The lowest BCUT2D eigenvalue weighted by Crippen LogP contribution is -1.86. The lowest BCUT2D eigenvalue weighted by Gasteiger charge is -2.00. The van der Waals surface area contributed by atoms with Crippen molar-refractivity contribution in [2.24, 2.45) is 0 Å². The lowest BCUT2D eigenvalue weighted by molar-refractivity contribution is 1.28. The third-order valence-electron chi connectivity index (χ3n) is 5.76. The van der Waals surface area contributed by atoms with Crippen LogP contribution in [0.5, 0.6) is 0 Å². The molecule has 0 atom stereocenters. The number of nitrogens with one attached hydrogen (secondary N) is 2. The highest BCUT2D eigenvalue weighted by molar-refractivity contribution is 7.13. The summed E-state index contributed by atoms with van der Waals surface area (Å²) in [6, 6.07) is 12.5. The Morgan fingerprint density at radius 1 is 0.588 bits per heavy atom. The van der Waals surface area contributed by atoms with E-state index in [1.807, 2.05) is 47.7 Å². The fourth-order valence-corrected chi connectivity index (χ4v) is 5.65. The first-order valence-corrected chi connectivity index (χ1v) is 12.4. The van der Waals surface area contributed by atoms with Gasteiger partial charge in [0, 0.05) is 45.6 Å². The van der Waals surface area contributed by atoms with Crippen molar-refractivity contribution >= 4 is 69.0 Å². The molecule has 0 aliphatic carbocycles. The number of hydrogen-bond donors (Lipinski definition) is 2. The van der Waals surface area contributed by atoms with Crippen LogP contribution in [0.2, 0.25) is 0 Å². The van der Waals surface area contributed by atoms with Gasteiger partial charge in [-0.25, -0.2) is 9.97 Å². The van der Waals surface area contributed by atoms with Gasteiger partial charge in [-0.1, -0.05) is 0 Å². The van der Waals surface area contributed by atoms with Crippen molar-refractivity contribution < 1.29 is 0 Å². The van der Waals surface area contributed by atoms with Crippen LogP contribution in [0.15, 0.2) is 59.8 Å². The summed E-state index contributed by atoms with van der Waals surface area (Å²) in [5.41, 5.74) is 13.3. The minimum Gasteiger partial charge on any atom is -0.355 e. The summed E-state index contributed by atoms with van der Waals surface area (Å²) in [6.45, 7) is 0. The minimum atomic E-state index is 0.886. The molecular formula is C26H16N6S2. The van der Waals surface area contributed by atoms with Gasteiger partial charge < -0.3 is 9.97 Å². The molecule has 0 fully saturated rings. The van der Waals surface area contributed by atoms with Crippen LogP contribution in [0.4, 0.5) is 0 Å². The predicted molar refractivity (Wildman–Crippen MR) is 141 cm³/mol. The summed E-state index contributed by atoms with van der Waals surface area (Å²) in [5.74, 6) is 0. The molecule has 0 saturated carbocycles. The van der Waals surface area contributed by atoms with E-state index in [0.29, 0.717) is 0 Å². The van der Waals surface area contributed by atoms with E-state index < -0.39 is 0 Å². The van der Waals surface area contributed by atoms with E-state index in [1.165, 1.54) is 0 Å². The zero-order chi connectivity index (χ0) is 22.5. The number of hydrogen-bond acceptors (Lipinski definition) is 6. The van der Waals surface area contributed by atoms with Crippen LogP contribution >= 0.6 is 22.7 Å². The summed E-state index contributed by atoms with van der Waals surface area (Å²) in [5, 5.41) is 0. The van der Waals surface area contributed by atoms with Gasteiger partial charge in [0.05, 0.1) is 43.6 Å². The van der Waals surface area contributed by atoms with Crippen molar-refractivity contribution in [2.75, 3.05) is 0 Å². The van der Waals surface area contributed by atoms with Gasteiger partial charge in [0.2, 0.25) is 0 Å². The number of nitrogens with zero attached hydrogens (tertiary/aromatic N) is 4. The molecular weight excluding hydrogens is 460 g/mol. The van der Waals surface area contributed by atoms with E-state index in [1.54, 1.807) is 22.7 Å². The molecule has 0 amide bonds. The highest BCUT2D eigenvalue weighted by Crippen LogP contribution is 2.34. The first-order valence-electron chi connectivity index (χ1n) is 10.7. The topological polar surface area (TPSA) is 83.1 Å². The van der Waals surface area contributed by atoms with Gasteiger partial charge in [0.25, 0.3) is 0 Å². The maximum Gasteiger partial charge on any atom is 0.0798 e. The quantitative estimate of drug-likeness (QED) is 0.284. The summed E-state index contributed by atoms with van der Waals surface area (Å²) in [4.78, 5) is 27.7. The molecule has 2 N–H and O–H groups in total. The fraction of sp³-hybridized carbons (Fsp3) is 0. The Morgan fingerprint density at radius 2 is 1.12 bits per heavy atom. The molecule has 162 valence electrons. The molecule has 0 unspecified atom stereocenters. The maximum absolute atomic E-state index is 4.92. The Morgan fingerprint density at radius 3 is 1.62 bits per heavy atom. The number of thiazole rings is 2. The van der Waals surface area contributed by atoms with Crippen LogP contribution in [0.25, 0.3) is 67.3 Å². The Bertz CT molecular complexity index is 1660. The second-order valence-electron chi connectivity index (χ2n) is 7.94. The number of aromatic amines is 2. The third kappa shape index (κ3) is 3.32. The average molecular weight is 477 g/mol. The summed E-state index contributed by atoms with van der Waals surface area (Å²) in [6.07, 6.45) is 11.9.